The number of hydrogen-bond acceptors (Lipinski definition) is 3. The molecule has 26 heavy (non-hydrogen) atoms. The molecule has 0 aliphatic carbocycles. The number of carbonyl (C=O) groups is 2. The first-order chi connectivity index (χ1) is 12.4. The Balaban J connectivity index is 2.26. The van der Waals surface area contributed by atoms with Crippen molar-refractivity contribution in [2.24, 2.45) is 4.99 Å². The molecule has 1 atom stereocenters. The van der Waals surface area contributed by atoms with E-state index in [0.29, 0.717) is 21.7 Å². The minimum Gasteiger partial charge on any atom is -0.480 e. The van der Waals surface area contributed by atoms with Gasteiger partial charge < -0.3 is 9.67 Å². The van der Waals surface area contributed by atoms with Gasteiger partial charge in [-0.15, -0.1) is 0 Å². The van der Waals surface area contributed by atoms with Crippen LogP contribution in [0.25, 0.3) is 10.2 Å². The molecule has 0 aliphatic heterocycles. The number of carboxylic acid groups (broad SMARTS) is 1. The lowest BCUT2D eigenvalue weighted by atomic mass is 10.2. The van der Waals surface area contributed by atoms with Crippen molar-refractivity contribution in [3.05, 3.63) is 63.7 Å². The fourth-order valence-corrected chi connectivity index (χ4v) is 4.01. The summed E-state index contributed by atoms with van der Waals surface area (Å²) < 4.78 is 15.5. The molecule has 1 heterocycles. The van der Waals surface area contributed by atoms with E-state index in [1.807, 2.05) is 0 Å². The average molecular weight is 393 g/mol. The van der Waals surface area contributed by atoms with Gasteiger partial charge in [0.15, 0.2) is 4.80 Å². The highest BCUT2D eigenvalue weighted by Crippen LogP contribution is 2.28. The van der Waals surface area contributed by atoms with Gasteiger partial charge in [0.1, 0.15) is 11.9 Å². The SMILES string of the molecule is CCC(C(=O)O)n1/c(=N/C(=O)c2cccc(F)c2)sc2c(Cl)cccc21. The van der Waals surface area contributed by atoms with E-state index in [9.17, 15) is 19.1 Å². The Bertz CT molecular complexity index is 1070. The maximum Gasteiger partial charge on any atom is 0.326 e. The Kier molecular flexibility index (Phi) is 5.20. The van der Waals surface area contributed by atoms with Crippen LogP contribution in [-0.2, 0) is 4.79 Å². The molecule has 0 aliphatic rings. The van der Waals surface area contributed by atoms with Crippen LogP contribution in [0.4, 0.5) is 4.39 Å². The van der Waals surface area contributed by atoms with Gasteiger partial charge in [0.05, 0.1) is 15.2 Å². The summed E-state index contributed by atoms with van der Waals surface area (Å²) in [6.07, 6.45) is 0.301. The molecular weight excluding hydrogens is 379 g/mol. The van der Waals surface area contributed by atoms with Gasteiger partial charge in [-0.3, -0.25) is 4.79 Å². The predicted octanol–water partition coefficient (Wildman–Crippen LogP) is 4.27. The number of aliphatic carboxylic acids is 1. The van der Waals surface area contributed by atoms with E-state index >= 15 is 0 Å². The molecule has 2 aromatic carbocycles. The van der Waals surface area contributed by atoms with Crippen LogP contribution >= 0.6 is 22.9 Å². The maximum atomic E-state index is 13.4. The highest BCUT2D eigenvalue weighted by atomic mass is 35.5. The van der Waals surface area contributed by atoms with Gasteiger partial charge in [-0.2, -0.15) is 4.99 Å². The number of carbonyl (C=O) groups excluding carboxylic acids is 1. The standard InChI is InChI=1S/C18H14ClFN2O3S/c1-2-13(17(24)25)22-14-8-4-7-12(19)15(14)26-18(22)21-16(23)10-5-3-6-11(20)9-10/h3-9,13H,2H2,1H3,(H,24,25)/b21-18-. The van der Waals surface area contributed by atoms with Crippen molar-refractivity contribution < 1.29 is 19.1 Å². The predicted molar refractivity (Wildman–Crippen MR) is 98.1 cm³/mol. The largest absolute Gasteiger partial charge is 0.480 e. The number of halogens is 2. The smallest absolute Gasteiger partial charge is 0.326 e. The highest BCUT2D eigenvalue weighted by Gasteiger charge is 2.22. The first kappa shape index (κ1) is 18.3. The van der Waals surface area contributed by atoms with E-state index < -0.39 is 23.7 Å². The van der Waals surface area contributed by atoms with Crippen LogP contribution < -0.4 is 4.80 Å². The third kappa shape index (κ3) is 3.40. The van der Waals surface area contributed by atoms with Crippen molar-refractivity contribution in [3.63, 3.8) is 0 Å². The Morgan fingerprint density at radius 2 is 2.04 bits per heavy atom. The molecule has 0 fully saturated rings. The van der Waals surface area contributed by atoms with Crippen LogP contribution in [0.15, 0.2) is 47.5 Å². The van der Waals surface area contributed by atoms with Crippen molar-refractivity contribution in [2.75, 3.05) is 0 Å². The average Bonchev–Trinajstić information content (AvgIpc) is 2.95. The topological polar surface area (TPSA) is 71.7 Å². The van der Waals surface area contributed by atoms with Crippen molar-refractivity contribution in [1.82, 2.24) is 4.57 Å². The lowest BCUT2D eigenvalue weighted by Crippen LogP contribution is -2.27. The molecule has 3 aromatic rings. The fourth-order valence-electron chi connectivity index (χ4n) is 2.65. The molecule has 134 valence electrons. The number of rotatable bonds is 4. The molecule has 0 spiro atoms. The van der Waals surface area contributed by atoms with E-state index in [1.54, 1.807) is 25.1 Å². The minimum absolute atomic E-state index is 0.0866. The van der Waals surface area contributed by atoms with Crippen molar-refractivity contribution in [2.45, 2.75) is 19.4 Å². The quantitative estimate of drug-likeness (QED) is 0.720. The zero-order chi connectivity index (χ0) is 18.8. The number of amides is 1. The van der Waals surface area contributed by atoms with Crippen LogP contribution in [-0.4, -0.2) is 21.6 Å². The van der Waals surface area contributed by atoms with Crippen LogP contribution in [0.3, 0.4) is 0 Å². The second kappa shape index (κ2) is 7.39. The van der Waals surface area contributed by atoms with E-state index in [4.69, 9.17) is 11.6 Å². The molecule has 0 saturated heterocycles. The van der Waals surface area contributed by atoms with E-state index in [0.717, 1.165) is 17.4 Å². The first-order valence-corrected chi connectivity index (χ1v) is 8.98. The van der Waals surface area contributed by atoms with Crippen molar-refractivity contribution >= 4 is 45.0 Å². The van der Waals surface area contributed by atoms with E-state index in [2.05, 4.69) is 4.99 Å². The Morgan fingerprint density at radius 1 is 1.31 bits per heavy atom. The van der Waals surface area contributed by atoms with Crippen molar-refractivity contribution in [1.29, 1.82) is 0 Å². The van der Waals surface area contributed by atoms with Crippen LogP contribution in [0, 0.1) is 5.82 Å². The third-order valence-electron chi connectivity index (χ3n) is 3.86. The molecule has 1 N–H and O–H groups in total. The zero-order valence-corrected chi connectivity index (χ0v) is 15.2. The minimum atomic E-state index is -1.04. The highest BCUT2D eigenvalue weighted by molar-refractivity contribution is 7.17. The summed E-state index contributed by atoms with van der Waals surface area (Å²) in [5.74, 6) is -2.23. The number of thiazole rings is 1. The summed E-state index contributed by atoms with van der Waals surface area (Å²) in [5.41, 5.74) is 0.672. The van der Waals surface area contributed by atoms with Crippen LogP contribution in [0.2, 0.25) is 5.02 Å². The van der Waals surface area contributed by atoms with Gasteiger partial charge in [0.25, 0.3) is 5.91 Å². The Labute approximate surface area is 157 Å². The normalized spacial score (nSPS) is 13.1. The lowest BCUT2D eigenvalue weighted by Gasteiger charge is -2.13. The lowest BCUT2D eigenvalue weighted by molar-refractivity contribution is -0.140. The number of benzene rings is 2. The molecule has 5 nitrogen and oxygen atoms in total. The second-order valence-electron chi connectivity index (χ2n) is 5.53. The Hall–Kier alpha value is -2.51. The monoisotopic (exact) mass is 392 g/mol. The van der Waals surface area contributed by atoms with Crippen molar-refractivity contribution in [3.8, 4) is 0 Å². The summed E-state index contributed by atoms with van der Waals surface area (Å²) in [6.45, 7) is 1.73. The van der Waals surface area contributed by atoms with Gasteiger partial charge in [-0.25, -0.2) is 9.18 Å². The molecule has 8 heteroatoms. The third-order valence-corrected chi connectivity index (χ3v) is 5.39. The molecule has 0 saturated carbocycles. The van der Waals surface area contributed by atoms with Gasteiger partial charge in [0.2, 0.25) is 0 Å². The maximum absolute atomic E-state index is 13.4. The molecule has 1 unspecified atom stereocenters. The van der Waals surface area contributed by atoms with Crippen LogP contribution in [0.1, 0.15) is 29.7 Å². The van der Waals surface area contributed by atoms with Gasteiger partial charge >= 0.3 is 5.97 Å². The van der Waals surface area contributed by atoms with Crippen LogP contribution in [0.5, 0.6) is 0 Å². The zero-order valence-electron chi connectivity index (χ0n) is 13.6. The first-order valence-electron chi connectivity index (χ1n) is 7.79. The number of hydrogen-bond donors (Lipinski definition) is 1. The number of fused-ring (bicyclic) bond motifs is 1. The second-order valence-corrected chi connectivity index (χ2v) is 6.92. The molecule has 3 rings (SSSR count). The summed E-state index contributed by atoms with van der Waals surface area (Å²) in [5, 5.41) is 10.0. The van der Waals surface area contributed by atoms with E-state index in [-0.39, 0.29) is 10.4 Å². The number of aromatic nitrogens is 1. The van der Waals surface area contributed by atoms with Gasteiger partial charge in [-0.1, -0.05) is 42.0 Å². The molecule has 1 amide bonds. The number of nitrogens with zero attached hydrogens (tertiary/aromatic N) is 2. The summed E-state index contributed by atoms with van der Waals surface area (Å²) >= 11 is 7.34. The summed E-state index contributed by atoms with van der Waals surface area (Å²) in [4.78, 5) is 28.4. The molecule has 0 radical (unpaired) electrons. The van der Waals surface area contributed by atoms with E-state index in [1.165, 1.54) is 22.8 Å². The van der Waals surface area contributed by atoms with Gasteiger partial charge in [-0.05, 0) is 36.8 Å². The summed E-state index contributed by atoms with van der Waals surface area (Å²) in [6, 6.07) is 9.41. The number of carboxylic acids is 1. The molecule has 0 bridgehead atoms. The Morgan fingerprint density at radius 3 is 2.69 bits per heavy atom. The molecule has 1 aromatic heterocycles. The molecular formula is C18H14ClFN2O3S. The summed E-state index contributed by atoms with van der Waals surface area (Å²) in [7, 11) is 0. The fraction of sp³-hybridized carbons (Fsp3) is 0.167. The van der Waals surface area contributed by atoms with Gasteiger partial charge in [0, 0.05) is 5.56 Å².